The average Bonchev–Trinajstić information content (AvgIpc) is 3.40. The lowest BCUT2D eigenvalue weighted by Crippen LogP contribution is -2.28. The van der Waals surface area contributed by atoms with Gasteiger partial charge in [-0.15, -0.1) is 0 Å². The lowest BCUT2D eigenvalue weighted by Gasteiger charge is -2.34. The van der Waals surface area contributed by atoms with Crippen molar-refractivity contribution >= 4 is 0 Å². The van der Waals surface area contributed by atoms with E-state index in [0.717, 1.165) is 0 Å². The first kappa shape index (κ1) is 28.6. The quantitative estimate of drug-likeness (QED) is 0.186. The zero-order valence-electron chi connectivity index (χ0n) is 25.2. The third-order valence-corrected chi connectivity index (χ3v) is 8.94. The fourth-order valence-corrected chi connectivity index (χ4v) is 6.64. The number of aliphatic hydroxyl groups is 2. The number of aliphatic hydroxyl groups excluding tert-OH is 2. The van der Waals surface area contributed by atoms with Gasteiger partial charge < -0.3 is 19.7 Å². The Balaban J connectivity index is 1.18. The van der Waals surface area contributed by atoms with E-state index in [0.29, 0.717) is 28.4 Å². The Morgan fingerprint density at radius 3 is 1.36 bits per heavy atom. The molecule has 6 aromatic rings. The van der Waals surface area contributed by atoms with Gasteiger partial charge >= 0.3 is 0 Å². The second-order valence-electron chi connectivity index (χ2n) is 11.6. The zero-order valence-corrected chi connectivity index (χ0v) is 25.2. The third-order valence-electron chi connectivity index (χ3n) is 8.94. The summed E-state index contributed by atoms with van der Waals surface area (Å²) in [5.74, 6) is 2.05. The standard InChI is InChI=1S/C41H34O4/c1-27-11-17-30(18-12-27)41(37-9-5-3-7-35(37)36-8-4-6-10-38(36)41)31-19-25-34(26-20-31)45-33-23-15-29(16-24-33)40(43)39(42)28-13-21-32(44-2)22-14-28/h3-26,39-40,42-43H,1-2H3. The fourth-order valence-electron chi connectivity index (χ4n) is 6.64. The molecule has 0 saturated carbocycles. The van der Waals surface area contributed by atoms with Gasteiger partial charge in [0.2, 0.25) is 0 Å². The molecule has 45 heavy (non-hydrogen) atoms. The highest BCUT2D eigenvalue weighted by molar-refractivity contribution is 5.86. The van der Waals surface area contributed by atoms with Crippen LogP contribution in [-0.4, -0.2) is 17.3 Å². The van der Waals surface area contributed by atoms with Gasteiger partial charge in [-0.05, 0) is 87.8 Å². The number of methoxy groups -OCH3 is 1. The van der Waals surface area contributed by atoms with Crippen molar-refractivity contribution in [3.63, 3.8) is 0 Å². The highest BCUT2D eigenvalue weighted by Gasteiger charge is 2.45. The van der Waals surface area contributed by atoms with Gasteiger partial charge in [-0.1, -0.05) is 115 Å². The first-order valence-corrected chi connectivity index (χ1v) is 15.1. The van der Waals surface area contributed by atoms with E-state index < -0.39 is 17.6 Å². The van der Waals surface area contributed by atoms with Crippen LogP contribution >= 0.6 is 0 Å². The molecular formula is C41H34O4. The van der Waals surface area contributed by atoms with E-state index in [1.165, 1.54) is 38.9 Å². The lowest BCUT2D eigenvalue weighted by atomic mass is 9.67. The van der Waals surface area contributed by atoms with E-state index in [1.807, 2.05) is 24.3 Å². The molecule has 0 radical (unpaired) electrons. The molecule has 0 heterocycles. The Morgan fingerprint density at radius 2 is 0.889 bits per heavy atom. The maximum absolute atomic E-state index is 10.8. The molecule has 4 heteroatoms. The van der Waals surface area contributed by atoms with Crippen molar-refractivity contribution in [2.75, 3.05) is 7.11 Å². The van der Waals surface area contributed by atoms with Crippen LogP contribution in [0.1, 0.15) is 51.2 Å². The summed E-state index contributed by atoms with van der Waals surface area (Å²) in [4.78, 5) is 0. The van der Waals surface area contributed by atoms with Crippen molar-refractivity contribution in [2.45, 2.75) is 24.5 Å². The van der Waals surface area contributed by atoms with Crippen LogP contribution in [0.25, 0.3) is 11.1 Å². The summed E-state index contributed by atoms with van der Waals surface area (Å²) in [5.41, 5.74) is 9.44. The second kappa shape index (κ2) is 11.7. The van der Waals surface area contributed by atoms with Crippen molar-refractivity contribution in [2.24, 2.45) is 0 Å². The van der Waals surface area contributed by atoms with Crippen LogP contribution in [-0.2, 0) is 5.41 Å². The summed E-state index contributed by atoms with van der Waals surface area (Å²) < 4.78 is 11.4. The van der Waals surface area contributed by atoms with Gasteiger partial charge in [-0.25, -0.2) is 0 Å². The van der Waals surface area contributed by atoms with E-state index in [2.05, 4.69) is 91.9 Å². The number of aryl methyl sites for hydroxylation is 1. The average molecular weight is 591 g/mol. The minimum absolute atomic E-state index is 0.456. The Labute approximate surface area is 263 Å². The molecule has 0 bridgehead atoms. The van der Waals surface area contributed by atoms with Crippen molar-refractivity contribution in [3.8, 4) is 28.4 Å². The van der Waals surface area contributed by atoms with Gasteiger partial charge in [0.15, 0.2) is 0 Å². The van der Waals surface area contributed by atoms with E-state index in [9.17, 15) is 10.2 Å². The highest BCUT2D eigenvalue weighted by Crippen LogP contribution is 2.56. The molecule has 0 aliphatic heterocycles. The number of ether oxygens (including phenoxy) is 2. The topological polar surface area (TPSA) is 58.9 Å². The molecule has 2 unspecified atom stereocenters. The molecular weight excluding hydrogens is 556 g/mol. The van der Waals surface area contributed by atoms with Crippen LogP contribution in [0.4, 0.5) is 0 Å². The second-order valence-corrected chi connectivity index (χ2v) is 11.6. The van der Waals surface area contributed by atoms with Gasteiger partial charge in [-0.3, -0.25) is 0 Å². The number of rotatable bonds is 8. The smallest absolute Gasteiger partial charge is 0.127 e. The minimum atomic E-state index is -1.08. The van der Waals surface area contributed by atoms with Gasteiger partial charge in [0.1, 0.15) is 29.5 Å². The Bertz CT molecular complexity index is 1880. The number of fused-ring (bicyclic) bond motifs is 3. The van der Waals surface area contributed by atoms with E-state index >= 15 is 0 Å². The Morgan fingerprint density at radius 1 is 0.489 bits per heavy atom. The minimum Gasteiger partial charge on any atom is -0.497 e. The summed E-state index contributed by atoms with van der Waals surface area (Å²) in [6, 6.07) is 48.9. The van der Waals surface area contributed by atoms with Crippen LogP contribution in [0.2, 0.25) is 0 Å². The SMILES string of the molecule is COc1ccc(C(O)C(O)c2ccc(Oc3ccc(C4(c5ccc(C)cc5)c5ccccc5-c5ccccc54)cc3)cc2)cc1. The maximum Gasteiger partial charge on any atom is 0.127 e. The molecule has 6 aromatic carbocycles. The molecule has 2 atom stereocenters. The zero-order chi connectivity index (χ0) is 31.0. The molecule has 0 saturated heterocycles. The monoisotopic (exact) mass is 590 g/mol. The number of benzene rings is 6. The van der Waals surface area contributed by atoms with Crippen LogP contribution < -0.4 is 9.47 Å². The fraction of sp³-hybridized carbons (Fsp3) is 0.122. The third kappa shape index (κ3) is 4.98. The number of hydrogen-bond donors (Lipinski definition) is 2. The predicted octanol–water partition coefficient (Wildman–Crippen LogP) is 8.93. The Kier molecular flexibility index (Phi) is 7.46. The summed E-state index contributed by atoms with van der Waals surface area (Å²) in [7, 11) is 1.59. The summed E-state index contributed by atoms with van der Waals surface area (Å²) in [5, 5.41) is 21.6. The van der Waals surface area contributed by atoms with Crippen LogP contribution in [0.5, 0.6) is 17.2 Å². The van der Waals surface area contributed by atoms with Gasteiger partial charge in [0.25, 0.3) is 0 Å². The van der Waals surface area contributed by atoms with Gasteiger partial charge in [-0.2, -0.15) is 0 Å². The first-order valence-electron chi connectivity index (χ1n) is 15.1. The van der Waals surface area contributed by atoms with Crippen LogP contribution in [0.15, 0.2) is 146 Å². The van der Waals surface area contributed by atoms with Gasteiger partial charge in [0.05, 0.1) is 12.5 Å². The van der Waals surface area contributed by atoms with E-state index in [-0.39, 0.29) is 0 Å². The maximum atomic E-state index is 10.8. The number of hydrogen-bond acceptors (Lipinski definition) is 4. The lowest BCUT2D eigenvalue weighted by molar-refractivity contribution is 0.0172. The Hall–Kier alpha value is -5.16. The summed E-state index contributed by atoms with van der Waals surface area (Å²) in [6.07, 6.45) is -2.15. The van der Waals surface area contributed by atoms with Crippen LogP contribution in [0.3, 0.4) is 0 Å². The van der Waals surface area contributed by atoms with Crippen molar-refractivity contribution in [3.05, 3.63) is 185 Å². The molecule has 0 amide bonds. The molecule has 0 fully saturated rings. The van der Waals surface area contributed by atoms with Crippen molar-refractivity contribution in [1.82, 2.24) is 0 Å². The normalized spacial score (nSPS) is 14.2. The molecule has 2 N–H and O–H groups in total. The molecule has 0 aromatic heterocycles. The van der Waals surface area contributed by atoms with E-state index in [1.54, 1.807) is 43.5 Å². The van der Waals surface area contributed by atoms with Crippen LogP contribution in [0, 0.1) is 6.92 Å². The first-order chi connectivity index (χ1) is 22.0. The molecule has 4 nitrogen and oxygen atoms in total. The predicted molar refractivity (Wildman–Crippen MR) is 178 cm³/mol. The molecule has 0 spiro atoms. The van der Waals surface area contributed by atoms with E-state index in [4.69, 9.17) is 9.47 Å². The van der Waals surface area contributed by atoms with Crippen molar-refractivity contribution in [1.29, 1.82) is 0 Å². The van der Waals surface area contributed by atoms with Crippen molar-refractivity contribution < 1.29 is 19.7 Å². The summed E-state index contributed by atoms with van der Waals surface area (Å²) in [6.45, 7) is 2.12. The largest absolute Gasteiger partial charge is 0.497 e. The highest BCUT2D eigenvalue weighted by atomic mass is 16.5. The molecule has 222 valence electrons. The summed E-state index contributed by atoms with van der Waals surface area (Å²) >= 11 is 0. The molecule has 7 rings (SSSR count). The van der Waals surface area contributed by atoms with Gasteiger partial charge in [0, 0.05) is 0 Å². The molecule has 1 aliphatic carbocycles. The molecule has 1 aliphatic rings.